The van der Waals surface area contributed by atoms with Gasteiger partial charge < -0.3 is 26.4 Å². The monoisotopic (exact) mass is 476 g/mol. The molecule has 1 unspecified atom stereocenters. The molecule has 1 aliphatic carbocycles. The van der Waals surface area contributed by atoms with Gasteiger partial charge in [-0.05, 0) is 56.3 Å². The van der Waals surface area contributed by atoms with Gasteiger partial charge in [-0.15, -0.1) is 0 Å². The van der Waals surface area contributed by atoms with Crippen LogP contribution >= 0.6 is 0 Å². The Morgan fingerprint density at radius 1 is 0.912 bits per heavy atom. The molecule has 1 aliphatic rings. The van der Waals surface area contributed by atoms with E-state index in [9.17, 15) is 29.7 Å². The maximum atomic E-state index is 13.3. The number of hydrogen-bond acceptors (Lipinski definition) is 5. The largest absolute Gasteiger partial charge is 0.508 e. The number of phenolic OH excluding ortho intramolecular Hbond substituents is 1. The highest BCUT2D eigenvalue weighted by molar-refractivity contribution is 5.88. The van der Waals surface area contributed by atoms with Crippen LogP contribution in [0.5, 0.6) is 5.75 Å². The first kappa shape index (κ1) is 27.6. The van der Waals surface area contributed by atoms with Crippen molar-refractivity contribution < 1.29 is 29.7 Å². The predicted molar refractivity (Wildman–Crippen MR) is 129 cm³/mol. The van der Waals surface area contributed by atoms with Crippen molar-refractivity contribution in [3.05, 3.63) is 29.8 Å². The van der Waals surface area contributed by atoms with E-state index in [2.05, 4.69) is 5.32 Å². The SMILES string of the molecule is NCCCCCCCCC(CC1(C(=O)N[C@@H](Cc2ccc(O)cc2)C(=O)O)CCCC1)C(=O)O. The summed E-state index contributed by atoms with van der Waals surface area (Å²) in [4.78, 5) is 37.2. The van der Waals surface area contributed by atoms with Crippen LogP contribution in [0.15, 0.2) is 24.3 Å². The summed E-state index contributed by atoms with van der Waals surface area (Å²) in [7, 11) is 0. The van der Waals surface area contributed by atoms with Gasteiger partial charge in [0.15, 0.2) is 0 Å². The third kappa shape index (κ3) is 8.63. The van der Waals surface area contributed by atoms with Crippen molar-refractivity contribution in [3.63, 3.8) is 0 Å². The third-order valence-corrected chi connectivity index (χ3v) is 7.02. The van der Waals surface area contributed by atoms with Crippen LogP contribution in [0.4, 0.5) is 0 Å². The zero-order chi connectivity index (χ0) is 25.0. The lowest BCUT2D eigenvalue weighted by molar-refractivity contribution is -0.147. The van der Waals surface area contributed by atoms with Gasteiger partial charge in [0.2, 0.25) is 5.91 Å². The van der Waals surface area contributed by atoms with E-state index in [0.717, 1.165) is 51.4 Å². The number of unbranched alkanes of at least 4 members (excludes halogenated alkanes) is 5. The lowest BCUT2D eigenvalue weighted by atomic mass is 9.75. The quantitative estimate of drug-likeness (QED) is 0.227. The van der Waals surface area contributed by atoms with Crippen molar-refractivity contribution in [2.75, 3.05) is 6.54 Å². The fourth-order valence-corrected chi connectivity index (χ4v) is 4.98. The van der Waals surface area contributed by atoms with Gasteiger partial charge in [0.1, 0.15) is 11.8 Å². The van der Waals surface area contributed by atoms with Crippen LogP contribution < -0.4 is 11.1 Å². The average molecular weight is 477 g/mol. The number of aromatic hydroxyl groups is 1. The molecule has 0 radical (unpaired) electrons. The second-order valence-electron chi connectivity index (χ2n) is 9.66. The van der Waals surface area contributed by atoms with Crippen LogP contribution in [0.1, 0.15) is 82.6 Å². The molecular weight excluding hydrogens is 436 g/mol. The van der Waals surface area contributed by atoms with Gasteiger partial charge in [-0.1, -0.05) is 57.1 Å². The molecule has 1 saturated carbocycles. The highest BCUT2D eigenvalue weighted by atomic mass is 16.4. The lowest BCUT2D eigenvalue weighted by Crippen LogP contribution is -2.49. The predicted octanol–water partition coefficient (Wildman–Crippen LogP) is 3.84. The Kier molecular flexibility index (Phi) is 11.3. The molecule has 2 atom stereocenters. The molecule has 0 aliphatic heterocycles. The van der Waals surface area contributed by atoms with E-state index in [0.29, 0.717) is 31.4 Å². The standard InChI is InChI=1S/C26H40N2O6/c27-16-8-4-2-1-3-5-9-20(23(30)31)18-26(14-6-7-15-26)25(34)28-22(24(32)33)17-19-10-12-21(29)13-11-19/h10-13,20,22,29H,1-9,14-18,27H2,(H,28,34)(H,30,31)(H,32,33)/t20?,22-/m0/s1. The summed E-state index contributed by atoms with van der Waals surface area (Å²) in [5.41, 5.74) is 5.35. The second kappa shape index (κ2) is 13.9. The number of nitrogens with two attached hydrogens (primary N) is 1. The molecule has 6 N–H and O–H groups in total. The van der Waals surface area contributed by atoms with Crippen molar-refractivity contribution in [1.29, 1.82) is 0 Å². The van der Waals surface area contributed by atoms with Gasteiger partial charge in [-0.2, -0.15) is 0 Å². The number of aliphatic carboxylic acids is 2. The Morgan fingerprint density at radius 2 is 1.50 bits per heavy atom. The Balaban J connectivity index is 1.99. The van der Waals surface area contributed by atoms with Gasteiger partial charge in [0, 0.05) is 6.42 Å². The van der Waals surface area contributed by atoms with Crippen LogP contribution in [-0.2, 0) is 20.8 Å². The summed E-state index contributed by atoms with van der Waals surface area (Å²) in [6, 6.07) is 5.08. The van der Waals surface area contributed by atoms with Crippen LogP contribution in [0.3, 0.4) is 0 Å². The molecule has 8 nitrogen and oxygen atoms in total. The smallest absolute Gasteiger partial charge is 0.326 e. The number of carbonyl (C=O) groups excluding carboxylic acids is 1. The summed E-state index contributed by atoms with van der Waals surface area (Å²) in [5.74, 6) is -2.92. The van der Waals surface area contributed by atoms with Crippen molar-refractivity contribution in [2.45, 2.75) is 89.5 Å². The van der Waals surface area contributed by atoms with Crippen molar-refractivity contribution >= 4 is 17.8 Å². The molecule has 0 heterocycles. The molecule has 8 heteroatoms. The number of hydrogen-bond donors (Lipinski definition) is 5. The van der Waals surface area contributed by atoms with Crippen LogP contribution in [-0.4, -0.2) is 45.8 Å². The van der Waals surface area contributed by atoms with E-state index in [1.54, 1.807) is 12.1 Å². The first-order valence-electron chi connectivity index (χ1n) is 12.5. The van der Waals surface area contributed by atoms with Crippen LogP contribution in [0.25, 0.3) is 0 Å². The number of amides is 1. The van der Waals surface area contributed by atoms with E-state index in [1.165, 1.54) is 12.1 Å². The zero-order valence-electron chi connectivity index (χ0n) is 20.0. The molecule has 190 valence electrons. The molecule has 0 aromatic heterocycles. The first-order chi connectivity index (χ1) is 16.3. The van der Waals surface area contributed by atoms with Gasteiger partial charge in [0.25, 0.3) is 0 Å². The fraction of sp³-hybridized carbons (Fsp3) is 0.654. The topological polar surface area (TPSA) is 150 Å². The van der Waals surface area contributed by atoms with Gasteiger partial charge in [-0.25, -0.2) is 4.79 Å². The fourth-order valence-electron chi connectivity index (χ4n) is 4.98. The summed E-state index contributed by atoms with van der Waals surface area (Å²) in [5, 5.41) is 31.7. The van der Waals surface area contributed by atoms with Crippen LogP contribution in [0.2, 0.25) is 0 Å². The summed E-state index contributed by atoms with van der Waals surface area (Å²) >= 11 is 0. The van der Waals surface area contributed by atoms with E-state index >= 15 is 0 Å². The van der Waals surface area contributed by atoms with Crippen molar-refractivity contribution in [1.82, 2.24) is 5.32 Å². The van der Waals surface area contributed by atoms with E-state index in [4.69, 9.17) is 5.73 Å². The Morgan fingerprint density at radius 3 is 2.06 bits per heavy atom. The van der Waals surface area contributed by atoms with Gasteiger partial charge in [-0.3, -0.25) is 9.59 Å². The van der Waals surface area contributed by atoms with Crippen molar-refractivity contribution in [2.24, 2.45) is 17.1 Å². The zero-order valence-corrected chi connectivity index (χ0v) is 20.0. The average Bonchev–Trinajstić information content (AvgIpc) is 3.28. The number of benzene rings is 1. The first-order valence-corrected chi connectivity index (χ1v) is 12.5. The van der Waals surface area contributed by atoms with Crippen molar-refractivity contribution in [3.8, 4) is 5.75 Å². The molecule has 0 spiro atoms. The summed E-state index contributed by atoms with van der Waals surface area (Å²) in [6.07, 6.45) is 9.68. The molecule has 0 bridgehead atoms. The Bertz CT molecular complexity index is 789. The minimum Gasteiger partial charge on any atom is -0.508 e. The van der Waals surface area contributed by atoms with Crippen LogP contribution in [0, 0.1) is 11.3 Å². The summed E-state index contributed by atoms with van der Waals surface area (Å²) in [6.45, 7) is 0.697. The molecule has 34 heavy (non-hydrogen) atoms. The lowest BCUT2D eigenvalue weighted by Gasteiger charge is -2.32. The molecule has 1 aromatic rings. The minimum absolute atomic E-state index is 0.0832. The normalized spacial score (nSPS) is 16.6. The number of carboxylic acids is 2. The summed E-state index contributed by atoms with van der Waals surface area (Å²) < 4.78 is 0. The minimum atomic E-state index is -1.14. The van der Waals surface area contributed by atoms with E-state index in [1.807, 2.05) is 0 Å². The van der Waals surface area contributed by atoms with E-state index in [-0.39, 0.29) is 24.5 Å². The second-order valence-corrected chi connectivity index (χ2v) is 9.66. The van der Waals surface area contributed by atoms with Gasteiger partial charge in [0.05, 0.1) is 11.3 Å². The highest BCUT2D eigenvalue weighted by Crippen LogP contribution is 2.44. The number of phenols is 1. The molecule has 1 aromatic carbocycles. The molecular formula is C26H40N2O6. The van der Waals surface area contributed by atoms with E-state index < -0.39 is 29.3 Å². The maximum absolute atomic E-state index is 13.3. The number of nitrogens with one attached hydrogen (secondary N) is 1. The molecule has 1 amide bonds. The highest BCUT2D eigenvalue weighted by Gasteiger charge is 2.45. The Labute approximate surface area is 201 Å². The van der Waals surface area contributed by atoms with Gasteiger partial charge >= 0.3 is 11.9 Å². The maximum Gasteiger partial charge on any atom is 0.326 e. The third-order valence-electron chi connectivity index (χ3n) is 7.02. The number of rotatable bonds is 16. The molecule has 2 rings (SSSR count). The number of carbonyl (C=O) groups is 3. The molecule has 0 saturated heterocycles. The number of carboxylic acid groups (broad SMARTS) is 2. The Hall–Kier alpha value is -2.61. The molecule has 1 fully saturated rings.